The minimum Gasteiger partial charge on any atom is -0.326 e. The second kappa shape index (κ2) is 5.13. The van der Waals surface area contributed by atoms with Gasteiger partial charge in [-0.25, -0.2) is 0 Å². The lowest BCUT2D eigenvalue weighted by Gasteiger charge is -2.35. The van der Waals surface area contributed by atoms with Gasteiger partial charge in [-0.05, 0) is 30.5 Å². The van der Waals surface area contributed by atoms with Crippen molar-refractivity contribution >= 4 is 11.6 Å². The van der Waals surface area contributed by atoms with Crippen LogP contribution in [0.1, 0.15) is 18.9 Å². The van der Waals surface area contributed by atoms with Crippen molar-refractivity contribution in [2.75, 3.05) is 13.1 Å². The van der Waals surface area contributed by atoms with Gasteiger partial charge in [0.05, 0.1) is 5.02 Å². The maximum atomic E-state index is 6.09. The molecule has 2 atom stereocenters. The third-order valence-electron chi connectivity index (χ3n) is 3.35. The lowest BCUT2D eigenvalue weighted by Crippen LogP contribution is -2.47. The van der Waals surface area contributed by atoms with Gasteiger partial charge in [0.2, 0.25) is 0 Å². The summed E-state index contributed by atoms with van der Waals surface area (Å²) in [4.78, 5) is 6.36. The molecule has 4 heteroatoms. The normalized spacial score (nSPS) is 26.9. The van der Waals surface area contributed by atoms with Crippen molar-refractivity contribution in [2.24, 2.45) is 11.7 Å². The van der Waals surface area contributed by atoms with Gasteiger partial charge in [0.1, 0.15) is 0 Å². The van der Waals surface area contributed by atoms with Gasteiger partial charge in [-0.2, -0.15) is 0 Å². The summed E-state index contributed by atoms with van der Waals surface area (Å²) < 4.78 is 0. The van der Waals surface area contributed by atoms with Crippen LogP contribution < -0.4 is 5.73 Å². The standard InChI is InChI=1S/C12H18ClN3/c1-9-3-5-16(8-12(9)14)7-10-2-4-15-6-11(10)13/h2,4,6,9,12H,3,5,7-8,14H2,1H3. The Labute approximate surface area is 102 Å². The molecule has 0 aliphatic carbocycles. The van der Waals surface area contributed by atoms with Crippen molar-refractivity contribution in [3.8, 4) is 0 Å². The van der Waals surface area contributed by atoms with Crippen molar-refractivity contribution in [1.82, 2.24) is 9.88 Å². The second-order valence-corrected chi connectivity index (χ2v) is 5.04. The number of hydrogen-bond donors (Lipinski definition) is 1. The first-order chi connectivity index (χ1) is 7.66. The number of nitrogens with two attached hydrogens (primary N) is 1. The lowest BCUT2D eigenvalue weighted by atomic mass is 9.94. The topological polar surface area (TPSA) is 42.2 Å². The zero-order valence-electron chi connectivity index (χ0n) is 9.56. The van der Waals surface area contributed by atoms with E-state index in [-0.39, 0.29) is 6.04 Å². The zero-order valence-corrected chi connectivity index (χ0v) is 10.3. The molecule has 2 N–H and O–H groups in total. The molecule has 2 rings (SSSR count). The minimum absolute atomic E-state index is 0.286. The Kier molecular flexibility index (Phi) is 3.79. The fraction of sp³-hybridized carbons (Fsp3) is 0.583. The predicted octanol–water partition coefficient (Wildman–Crippen LogP) is 1.90. The summed E-state index contributed by atoms with van der Waals surface area (Å²) in [6.07, 6.45) is 4.65. The highest BCUT2D eigenvalue weighted by Gasteiger charge is 2.23. The SMILES string of the molecule is CC1CCN(Cc2ccncc2Cl)CC1N. The van der Waals surface area contributed by atoms with Crippen LogP contribution in [0, 0.1) is 5.92 Å². The molecule has 0 bridgehead atoms. The number of piperidine rings is 1. The number of pyridine rings is 1. The molecule has 0 radical (unpaired) electrons. The molecule has 0 aromatic carbocycles. The quantitative estimate of drug-likeness (QED) is 0.857. The third-order valence-corrected chi connectivity index (χ3v) is 3.69. The lowest BCUT2D eigenvalue weighted by molar-refractivity contribution is 0.162. The first-order valence-corrected chi connectivity index (χ1v) is 6.11. The molecule has 3 nitrogen and oxygen atoms in total. The van der Waals surface area contributed by atoms with Crippen LogP contribution in [0.15, 0.2) is 18.5 Å². The molecular weight excluding hydrogens is 222 g/mol. The number of likely N-dealkylation sites (tertiary alicyclic amines) is 1. The molecule has 1 aliphatic heterocycles. The fourth-order valence-electron chi connectivity index (χ4n) is 2.09. The maximum absolute atomic E-state index is 6.09. The summed E-state index contributed by atoms with van der Waals surface area (Å²) in [7, 11) is 0. The van der Waals surface area contributed by atoms with Crippen molar-refractivity contribution in [1.29, 1.82) is 0 Å². The smallest absolute Gasteiger partial charge is 0.0634 e. The van der Waals surface area contributed by atoms with E-state index >= 15 is 0 Å². The van der Waals surface area contributed by atoms with E-state index in [0.717, 1.165) is 30.2 Å². The van der Waals surface area contributed by atoms with Crippen LogP contribution in [0.4, 0.5) is 0 Å². The van der Waals surface area contributed by atoms with E-state index in [0.29, 0.717) is 5.92 Å². The van der Waals surface area contributed by atoms with Crippen LogP contribution in [-0.2, 0) is 6.54 Å². The fourth-order valence-corrected chi connectivity index (χ4v) is 2.27. The van der Waals surface area contributed by atoms with E-state index in [9.17, 15) is 0 Å². The average Bonchev–Trinajstić information content (AvgIpc) is 2.27. The number of halogens is 1. The zero-order chi connectivity index (χ0) is 11.5. The van der Waals surface area contributed by atoms with Crippen LogP contribution in [0.3, 0.4) is 0 Å². The van der Waals surface area contributed by atoms with Crippen LogP contribution >= 0.6 is 11.6 Å². The Hall–Kier alpha value is -0.640. The van der Waals surface area contributed by atoms with Gasteiger partial charge in [0.25, 0.3) is 0 Å². The molecule has 0 spiro atoms. The summed E-state index contributed by atoms with van der Waals surface area (Å²) in [5.41, 5.74) is 7.21. The number of aromatic nitrogens is 1. The molecule has 1 fully saturated rings. The molecule has 16 heavy (non-hydrogen) atoms. The molecule has 2 unspecified atom stereocenters. The Morgan fingerprint density at radius 2 is 2.44 bits per heavy atom. The van der Waals surface area contributed by atoms with E-state index in [1.54, 1.807) is 12.4 Å². The number of rotatable bonds is 2. The molecule has 88 valence electrons. The van der Waals surface area contributed by atoms with Crippen LogP contribution in [0.2, 0.25) is 5.02 Å². The highest BCUT2D eigenvalue weighted by atomic mass is 35.5. The molecular formula is C12H18ClN3. The van der Waals surface area contributed by atoms with Gasteiger partial charge in [-0.3, -0.25) is 9.88 Å². The van der Waals surface area contributed by atoms with Gasteiger partial charge in [-0.1, -0.05) is 18.5 Å². The molecule has 1 saturated heterocycles. The molecule has 0 saturated carbocycles. The summed E-state index contributed by atoms with van der Waals surface area (Å²) in [6, 6.07) is 2.26. The van der Waals surface area contributed by atoms with Gasteiger partial charge in [0.15, 0.2) is 0 Å². The van der Waals surface area contributed by atoms with Crippen molar-refractivity contribution in [3.05, 3.63) is 29.0 Å². The van der Waals surface area contributed by atoms with Gasteiger partial charge < -0.3 is 5.73 Å². The minimum atomic E-state index is 0.286. The maximum Gasteiger partial charge on any atom is 0.0634 e. The Morgan fingerprint density at radius 1 is 1.62 bits per heavy atom. The predicted molar refractivity (Wildman–Crippen MR) is 66.3 cm³/mol. The van der Waals surface area contributed by atoms with E-state index in [2.05, 4.69) is 16.8 Å². The Bertz CT molecular complexity index is 356. The van der Waals surface area contributed by atoms with E-state index in [1.165, 1.54) is 6.42 Å². The Morgan fingerprint density at radius 3 is 3.12 bits per heavy atom. The molecule has 2 heterocycles. The first kappa shape index (κ1) is 11.8. The highest BCUT2D eigenvalue weighted by molar-refractivity contribution is 6.31. The summed E-state index contributed by atoms with van der Waals surface area (Å²) in [5, 5.41) is 0.745. The monoisotopic (exact) mass is 239 g/mol. The molecule has 1 aromatic heterocycles. The van der Waals surface area contributed by atoms with Crippen LogP contribution in [0.25, 0.3) is 0 Å². The highest BCUT2D eigenvalue weighted by Crippen LogP contribution is 2.20. The van der Waals surface area contributed by atoms with Crippen molar-refractivity contribution in [2.45, 2.75) is 25.9 Å². The van der Waals surface area contributed by atoms with Gasteiger partial charge >= 0.3 is 0 Å². The van der Waals surface area contributed by atoms with E-state index in [1.807, 2.05) is 6.07 Å². The van der Waals surface area contributed by atoms with Gasteiger partial charge in [0, 0.05) is 31.5 Å². The Balaban J connectivity index is 1.98. The summed E-state index contributed by atoms with van der Waals surface area (Å²) in [6.45, 7) is 5.16. The molecule has 0 amide bonds. The molecule has 1 aliphatic rings. The van der Waals surface area contributed by atoms with Crippen molar-refractivity contribution in [3.63, 3.8) is 0 Å². The van der Waals surface area contributed by atoms with Crippen molar-refractivity contribution < 1.29 is 0 Å². The van der Waals surface area contributed by atoms with Gasteiger partial charge in [-0.15, -0.1) is 0 Å². The first-order valence-electron chi connectivity index (χ1n) is 5.73. The number of hydrogen-bond acceptors (Lipinski definition) is 3. The van der Waals surface area contributed by atoms with E-state index < -0.39 is 0 Å². The molecule has 1 aromatic rings. The average molecular weight is 240 g/mol. The number of nitrogens with zero attached hydrogens (tertiary/aromatic N) is 2. The van der Waals surface area contributed by atoms with Crippen LogP contribution in [0.5, 0.6) is 0 Å². The van der Waals surface area contributed by atoms with Crippen LogP contribution in [-0.4, -0.2) is 29.0 Å². The summed E-state index contributed by atoms with van der Waals surface area (Å²) in [5.74, 6) is 0.629. The third kappa shape index (κ3) is 2.73. The summed E-state index contributed by atoms with van der Waals surface area (Å²) >= 11 is 6.09. The second-order valence-electron chi connectivity index (χ2n) is 4.63. The largest absolute Gasteiger partial charge is 0.326 e. The van der Waals surface area contributed by atoms with E-state index in [4.69, 9.17) is 17.3 Å².